The van der Waals surface area contributed by atoms with E-state index in [2.05, 4.69) is 24.1 Å². The van der Waals surface area contributed by atoms with Crippen molar-refractivity contribution in [1.29, 1.82) is 0 Å². The van der Waals surface area contributed by atoms with E-state index in [0.717, 1.165) is 6.42 Å². The molecule has 0 saturated heterocycles. The molecular weight excluding hydrogens is 168 g/mol. The van der Waals surface area contributed by atoms with Gasteiger partial charge in [-0.2, -0.15) is 0 Å². The second-order valence-corrected chi connectivity index (χ2v) is 4.28. The Bertz CT molecular complexity index is 206. The van der Waals surface area contributed by atoms with Crippen molar-refractivity contribution in [2.75, 3.05) is 7.05 Å². The second-order valence-electron chi connectivity index (χ2n) is 3.31. The molecule has 0 bridgehead atoms. The van der Waals surface area contributed by atoms with E-state index in [1.807, 2.05) is 18.8 Å². The van der Waals surface area contributed by atoms with E-state index in [0.29, 0.717) is 12.0 Å². The quantitative estimate of drug-likeness (QED) is 0.773. The summed E-state index contributed by atoms with van der Waals surface area (Å²) in [5.41, 5.74) is 1.89. The van der Waals surface area contributed by atoms with Gasteiger partial charge in [0, 0.05) is 17.1 Å². The Morgan fingerprint density at radius 1 is 1.58 bits per heavy atom. The number of rotatable bonds is 4. The van der Waals surface area contributed by atoms with Gasteiger partial charge in [0.1, 0.15) is 0 Å². The van der Waals surface area contributed by atoms with Crippen LogP contribution in [0, 0.1) is 5.92 Å². The number of aromatic nitrogens is 1. The van der Waals surface area contributed by atoms with Crippen LogP contribution in [-0.4, -0.2) is 18.1 Å². The number of hydrogen-bond acceptors (Lipinski definition) is 3. The monoisotopic (exact) mass is 184 g/mol. The van der Waals surface area contributed by atoms with E-state index in [1.165, 1.54) is 4.88 Å². The Balaban J connectivity index is 2.48. The Morgan fingerprint density at radius 3 is 2.75 bits per heavy atom. The summed E-state index contributed by atoms with van der Waals surface area (Å²) in [6.07, 6.45) is 3.05. The van der Waals surface area contributed by atoms with Crippen LogP contribution in [0.5, 0.6) is 0 Å². The van der Waals surface area contributed by atoms with Gasteiger partial charge in [-0.25, -0.2) is 0 Å². The third-order valence-corrected chi connectivity index (χ3v) is 2.88. The van der Waals surface area contributed by atoms with Gasteiger partial charge in [0.05, 0.1) is 5.51 Å². The van der Waals surface area contributed by atoms with Crippen molar-refractivity contribution in [3.05, 3.63) is 16.6 Å². The van der Waals surface area contributed by atoms with E-state index >= 15 is 0 Å². The molecule has 0 aliphatic rings. The fourth-order valence-electron chi connectivity index (χ4n) is 1.23. The van der Waals surface area contributed by atoms with Crippen LogP contribution in [0.1, 0.15) is 18.7 Å². The summed E-state index contributed by atoms with van der Waals surface area (Å²) in [5, 5.41) is 3.32. The minimum atomic E-state index is 0.574. The molecule has 1 heterocycles. The van der Waals surface area contributed by atoms with Crippen molar-refractivity contribution in [3.8, 4) is 0 Å². The summed E-state index contributed by atoms with van der Waals surface area (Å²) < 4.78 is 0. The highest BCUT2D eigenvalue weighted by Gasteiger charge is 2.11. The lowest BCUT2D eigenvalue weighted by atomic mass is 10.0. The van der Waals surface area contributed by atoms with E-state index in [9.17, 15) is 0 Å². The molecule has 1 atom stereocenters. The standard InChI is InChI=1S/C9H16N2S/c1-7(2)9(10-3)4-8-5-11-6-12-8/h5-7,9-10H,4H2,1-3H3. The summed E-state index contributed by atoms with van der Waals surface area (Å²) >= 11 is 1.73. The van der Waals surface area contributed by atoms with Gasteiger partial charge in [-0.05, 0) is 19.4 Å². The third kappa shape index (κ3) is 2.57. The molecule has 12 heavy (non-hydrogen) atoms. The van der Waals surface area contributed by atoms with Gasteiger partial charge in [0.15, 0.2) is 0 Å². The van der Waals surface area contributed by atoms with E-state index in [-0.39, 0.29) is 0 Å². The van der Waals surface area contributed by atoms with Crippen LogP contribution in [0.25, 0.3) is 0 Å². The lowest BCUT2D eigenvalue weighted by Crippen LogP contribution is -2.32. The van der Waals surface area contributed by atoms with Crippen molar-refractivity contribution in [2.45, 2.75) is 26.3 Å². The largest absolute Gasteiger partial charge is 0.316 e. The Morgan fingerprint density at radius 2 is 2.33 bits per heavy atom. The zero-order valence-electron chi connectivity index (χ0n) is 7.87. The number of nitrogens with one attached hydrogen (secondary N) is 1. The molecule has 68 valence electrons. The minimum absolute atomic E-state index is 0.574. The van der Waals surface area contributed by atoms with Gasteiger partial charge in [-0.15, -0.1) is 11.3 Å². The van der Waals surface area contributed by atoms with Crippen molar-refractivity contribution >= 4 is 11.3 Å². The number of nitrogens with zero attached hydrogens (tertiary/aromatic N) is 1. The molecule has 0 aliphatic heterocycles. The van der Waals surface area contributed by atoms with Gasteiger partial charge in [0.2, 0.25) is 0 Å². The van der Waals surface area contributed by atoms with Gasteiger partial charge < -0.3 is 5.32 Å². The van der Waals surface area contributed by atoms with E-state index < -0.39 is 0 Å². The van der Waals surface area contributed by atoms with Crippen LogP contribution in [0.3, 0.4) is 0 Å². The molecular formula is C9H16N2S. The Hall–Kier alpha value is -0.410. The van der Waals surface area contributed by atoms with Crippen LogP contribution < -0.4 is 5.32 Å². The zero-order valence-corrected chi connectivity index (χ0v) is 8.69. The number of likely N-dealkylation sites (N-methyl/N-ethyl adjacent to an activating group) is 1. The minimum Gasteiger partial charge on any atom is -0.316 e. The van der Waals surface area contributed by atoms with Crippen LogP contribution in [0.15, 0.2) is 11.7 Å². The summed E-state index contributed by atoms with van der Waals surface area (Å²) in [4.78, 5) is 5.42. The maximum Gasteiger partial charge on any atom is 0.0794 e. The number of hydrogen-bond donors (Lipinski definition) is 1. The van der Waals surface area contributed by atoms with Crippen LogP contribution in [0.2, 0.25) is 0 Å². The van der Waals surface area contributed by atoms with Gasteiger partial charge in [-0.3, -0.25) is 4.98 Å². The molecule has 0 amide bonds. The predicted octanol–water partition coefficient (Wildman–Crippen LogP) is 1.93. The molecule has 0 fully saturated rings. The lowest BCUT2D eigenvalue weighted by Gasteiger charge is -2.18. The number of thiazole rings is 1. The van der Waals surface area contributed by atoms with Gasteiger partial charge in [0.25, 0.3) is 0 Å². The molecule has 2 nitrogen and oxygen atoms in total. The highest BCUT2D eigenvalue weighted by molar-refractivity contribution is 7.09. The predicted molar refractivity (Wildman–Crippen MR) is 53.5 cm³/mol. The first-order valence-corrected chi connectivity index (χ1v) is 5.16. The van der Waals surface area contributed by atoms with Crippen LogP contribution in [-0.2, 0) is 6.42 Å². The van der Waals surface area contributed by atoms with Crippen molar-refractivity contribution in [3.63, 3.8) is 0 Å². The molecule has 3 heteroatoms. The fraction of sp³-hybridized carbons (Fsp3) is 0.667. The topological polar surface area (TPSA) is 24.9 Å². The average molecular weight is 184 g/mol. The maximum atomic E-state index is 4.06. The SMILES string of the molecule is CNC(Cc1cncs1)C(C)C. The average Bonchev–Trinajstić information content (AvgIpc) is 2.51. The smallest absolute Gasteiger partial charge is 0.0794 e. The van der Waals surface area contributed by atoms with Crippen molar-refractivity contribution in [2.24, 2.45) is 5.92 Å². The first-order chi connectivity index (χ1) is 5.74. The maximum absolute atomic E-state index is 4.06. The molecule has 1 rings (SSSR count). The molecule has 0 aliphatic carbocycles. The summed E-state index contributed by atoms with van der Waals surface area (Å²) in [6, 6.07) is 0.574. The van der Waals surface area contributed by atoms with E-state index in [1.54, 1.807) is 11.3 Å². The normalized spacial score (nSPS) is 13.7. The molecule has 1 aromatic rings. The van der Waals surface area contributed by atoms with Crippen LogP contribution in [0.4, 0.5) is 0 Å². The first-order valence-electron chi connectivity index (χ1n) is 4.28. The van der Waals surface area contributed by atoms with Gasteiger partial charge >= 0.3 is 0 Å². The molecule has 0 spiro atoms. The Labute approximate surface area is 78.0 Å². The third-order valence-electron chi connectivity index (χ3n) is 2.08. The van der Waals surface area contributed by atoms with Crippen LogP contribution >= 0.6 is 11.3 Å². The lowest BCUT2D eigenvalue weighted by molar-refractivity contribution is 0.426. The fourth-order valence-corrected chi connectivity index (χ4v) is 1.89. The highest BCUT2D eigenvalue weighted by Crippen LogP contribution is 2.12. The molecule has 0 radical (unpaired) electrons. The summed E-state index contributed by atoms with van der Waals surface area (Å²) in [7, 11) is 2.02. The van der Waals surface area contributed by atoms with Crippen molar-refractivity contribution < 1.29 is 0 Å². The molecule has 1 unspecified atom stereocenters. The second kappa shape index (κ2) is 4.58. The van der Waals surface area contributed by atoms with E-state index in [4.69, 9.17) is 0 Å². The first kappa shape index (κ1) is 9.68. The van der Waals surface area contributed by atoms with Gasteiger partial charge in [-0.1, -0.05) is 13.8 Å². The Kier molecular flexibility index (Phi) is 3.69. The molecule has 1 N–H and O–H groups in total. The summed E-state index contributed by atoms with van der Waals surface area (Å²) in [5.74, 6) is 0.678. The highest BCUT2D eigenvalue weighted by atomic mass is 32.1. The summed E-state index contributed by atoms with van der Waals surface area (Å²) in [6.45, 7) is 4.48. The molecule has 0 saturated carbocycles. The molecule has 0 aromatic carbocycles. The zero-order chi connectivity index (χ0) is 8.97. The van der Waals surface area contributed by atoms with Crippen molar-refractivity contribution in [1.82, 2.24) is 10.3 Å². The molecule has 1 aromatic heterocycles.